The molecule has 0 radical (unpaired) electrons. The Morgan fingerprint density at radius 3 is 2.39 bits per heavy atom. The quantitative estimate of drug-likeness (QED) is 0.502. The van der Waals surface area contributed by atoms with E-state index in [1.54, 1.807) is 6.07 Å². The van der Waals surface area contributed by atoms with Crippen LogP contribution < -0.4 is 0 Å². The van der Waals surface area contributed by atoms with Gasteiger partial charge in [-0.25, -0.2) is 0 Å². The molecule has 2 aliphatic rings. The first-order chi connectivity index (χ1) is 15.1. The van der Waals surface area contributed by atoms with Gasteiger partial charge in [-0.2, -0.15) is 0 Å². The number of rotatable bonds is 4. The fourth-order valence-electron chi connectivity index (χ4n) is 4.39. The van der Waals surface area contributed by atoms with E-state index in [0.717, 1.165) is 67.1 Å². The van der Waals surface area contributed by atoms with Gasteiger partial charge in [-0.1, -0.05) is 59.6 Å². The number of hydrogen-bond donors (Lipinski definition) is 0. The van der Waals surface area contributed by atoms with Crippen LogP contribution in [-0.2, 0) is 13.0 Å². The molecule has 0 amide bonds. The van der Waals surface area contributed by atoms with Crippen molar-refractivity contribution in [3.8, 4) is 11.1 Å². The summed E-state index contributed by atoms with van der Waals surface area (Å²) in [7, 11) is 2.19. The SMILES string of the molecule is CN1CCN(Cc2ccc(-c3cnc4c(c3)C(c3ccc(Cl)cc3Cl)=CC4)cc2)CC1. The summed E-state index contributed by atoms with van der Waals surface area (Å²) in [5.41, 5.74) is 8.06. The molecule has 0 saturated carbocycles. The fraction of sp³-hybridized carbons (Fsp3) is 0.269. The minimum absolute atomic E-state index is 0.649. The van der Waals surface area contributed by atoms with Gasteiger partial charge >= 0.3 is 0 Å². The van der Waals surface area contributed by atoms with Crippen molar-refractivity contribution in [1.29, 1.82) is 0 Å². The normalized spacial score (nSPS) is 16.9. The second-order valence-corrected chi connectivity index (χ2v) is 9.28. The van der Waals surface area contributed by atoms with E-state index < -0.39 is 0 Å². The Labute approximate surface area is 193 Å². The van der Waals surface area contributed by atoms with Crippen molar-refractivity contribution in [2.24, 2.45) is 0 Å². The Bertz CT molecular complexity index is 1130. The molecule has 1 fully saturated rings. The van der Waals surface area contributed by atoms with E-state index in [0.29, 0.717) is 10.0 Å². The lowest BCUT2D eigenvalue weighted by atomic mass is 9.97. The van der Waals surface area contributed by atoms with Gasteiger partial charge in [0.25, 0.3) is 0 Å². The zero-order chi connectivity index (χ0) is 21.4. The molecule has 0 unspecified atom stereocenters. The number of piperazine rings is 1. The van der Waals surface area contributed by atoms with Gasteiger partial charge in [0.15, 0.2) is 0 Å². The number of benzene rings is 2. The maximum Gasteiger partial charge on any atom is 0.0520 e. The van der Waals surface area contributed by atoms with E-state index in [4.69, 9.17) is 28.2 Å². The van der Waals surface area contributed by atoms with Gasteiger partial charge in [0.2, 0.25) is 0 Å². The largest absolute Gasteiger partial charge is 0.304 e. The highest BCUT2D eigenvalue weighted by Crippen LogP contribution is 2.38. The Balaban J connectivity index is 1.37. The first-order valence-corrected chi connectivity index (χ1v) is 11.5. The van der Waals surface area contributed by atoms with Gasteiger partial charge in [0, 0.05) is 72.1 Å². The molecule has 0 bridgehead atoms. The van der Waals surface area contributed by atoms with E-state index in [2.05, 4.69) is 53.3 Å². The van der Waals surface area contributed by atoms with Crippen LogP contribution in [0.3, 0.4) is 0 Å². The average Bonchev–Trinajstić information content (AvgIpc) is 3.19. The summed E-state index contributed by atoms with van der Waals surface area (Å²) in [6.45, 7) is 5.57. The second kappa shape index (κ2) is 8.76. The van der Waals surface area contributed by atoms with Gasteiger partial charge < -0.3 is 4.90 Å². The van der Waals surface area contributed by atoms with Gasteiger partial charge in [-0.3, -0.25) is 9.88 Å². The number of pyridine rings is 1. The Morgan fingerprint density at radius 2 is 1.65 bits per heavy atom. The predicted molar refractivity (Wildman–Crippen MR) is 130 cm³/mol. The van der Waals surface area contributed by atoms with Gasteiger partial charge in [0.1, 0.15) is 0 Å². The Hall–Kier alpha value is -2.17. The third-order valence-electron chi connectivity index (χ3n) is 6.27. The number of allylic oxidation sites excluding steroid dienone is 1. The molecule has 2 heterocycles. The number of aromatic nitrogens is 1. The molecule has 1 aliphatic heterocycles. The van der Waals surface area contributed by atoms with Crippen LogP contribution in [0.1, 0.15) is 22.4 Å². The number of hydrogen-bond acceptors (Lipinski definition) is 3. The highest BCUT2D eigenvalue weighted by Gasteiger charge is 2.20. The van der Waals surface area contributed by atoms with Crippen molar-refractivity contribution < 1.29 is 0 Å². The van der Waals surface area contributed by atoms with E-state index >= 15 is 0 Å². The van der Waals surface area contributed by atoms with Crippen LogP contribution in [0.2, 0.25) is 10.0 Å². The Kier molecular flexibility index (Phi) is 5.85. The second-order valence-electron chi connectivity index (χ2n) is 8.44. The van der Waals surface area contributed by atoms with Crippen LogP contribution in [-0.4, -0.2) is 48.0 Å². The van der Waals surface area contributed by atoms with Crippen LogP contribution in [0.5, 0.6) is 0 Å². The molecule has 158 valence electrons. The van der Waals surface area contributed by atoms with Crippen molar-refractivity contribution in [2.45, 2.75) is 13.0 Å². The molecule has 1 aromatic heterocycles. The number of nitrogens with zero attached hydrogens (tertiary/aromatic N) is 3. The molecule has 0 atom stereocenters. The molecule has 3 nitrogen and oxygen atoms in total. The zero-order valence-electron chi connectivity index (χ0n) is 17.6. The summed E-state index contributed by atoms with van der Waals surface area (Å²) in [6, 6.07) is 16.8. The van der Waals surface area contributed by atoms with E-state index in [1.165, 1.54) is 11.1 Å². The zero-order valence-corrected chi connectivity index (χ0v) is 19.1. The standard InChI is InChI=1S/C26H25Cl2N3/c1-30-10-12-31(13-11-30)17-18-2-4-19(5-3-18)20-14-24-22(8-9-26(24)29-16-20)23-7-6-21(27)15-25(23)28/h2-8,14-16H,9-13,17H2,1H3. The molecule has 0 spiro atoms. The molecule has 1 saturated heterocycles. The van der Waals surface area contributed by atoms with Crippen LogP contribution >= 0.6 is 23.2 Å². The predicted octanol–water partition coefficient (Wildman–Crippen LogP) is 5.79. The van der Waals surface area contributed by atoms with Gasteiger partial charge in [-0.15, -0.1) is 0 Å². The number of fused-ring (bicyclic) bond motifs is 1. The first kappa shape index (κ1) is 20.7. The van der Waals surface area contributed by atoms with Crippen molar-refractivity contribution >= 4 is 28.8 Å². The van der Waals surface area contributed by atoms with Crippen molar-refractivity contribution in [3.63, 3.8) is 0 Å². The highest BCUT2D eigenvalue weighted by atomic mass is 35.5. The monoisotopic (exact) mass is 449 g/mol. The van der Waals surface area contributed by atoms with Crippen molar-refractivity contribution in [1.82, 2.24) is 14.8 Å². The molecular weight excluding hydrogens is 425 g/mol. The molecule has 0 N–H and O–H groups in total. The summed E-state index contributed by atoms with van der Waals surface area (Å²) in [5.74, 6) is 0. The van der Waals surface area contributed by atoms with Crippen LogP contribution in [0.25, 0.3) is 16.7 Å². The molecule has 5 rings (SSSR count). The van der Waals surface area contributed by atoms with Crippen molar-refractivity contribution in [3.05, 3.63) is 93.2 Å². The maximum absolute atomic E-state index is 6.49. The minimum atomic E-state index is 0.649. The summed E-state index contributed by atoms with van der Waals surface area (Å²) in [5, 5.41) is 1.32. The smallest absolute Gasteiger partial charge is 0.0520 e. The first-order valence-electron chi connectivity index (χ1n) is 10.7. The Morgan fingerprint density at radius 1 is 0.871 bits per heavy atom. The summed E-state index contributed by atoms with van der Waals surface area (Å²) in [4.78, 5) is 9.66. The van der Waals surface area contributed by atoms with Crippen molar-refractivity contribution in [2.75, 3.05) is 33.2 Å². The lowest BCUT2D eigenvalue weighted by molar-refractivity contribution is 0.148. The molecule has 3 aromatic rings. The highest BCUT2D eigenvalue weighted by molar-refractivity contribution is 6.36. The molecule has 2 aromatic carbocycles. The topological polar surface area (TPSA) is 19.4 Å². The summed E-state index contributed by atoms with van der Waals surface area (Å²) in [6.07, 6.45) is 5.01. The lowest BCUT2D eigenvalue weighted by Crippen LogP contribution is -2.43. The summed E-state index contributed by atoms with van der Waals surface area (Å²) >= 11 is 12.6. The van der Waals surface area contributed by atoms with Crippen LogP contribution in [0, 0.1) is 0 Å². The van der Waals surface area contributed by atoms with Gasteiger partial charge in [0.05, 0.1) is 5.69 Å². The minimum Gasteiger partial charge on any atom is -0.304 e. The van der Waals surface area contributed by atoms with E-state index in [1.807, 2.05) is 18.3 Å². The third-order valence-corrected chi connectivity index (χ3v) is 6.82. The maximum atomic E-state index is 6.49. The van der Waals surface area contributed by atoms with E-state index in [-0.39, 0.29) is 0 Å². The van der Waals surface area contributed by atoms with Gasteiger partial charge in [-0.05, 0) is 41.9 Å². The number of halogens is 2. The van der Waals surface area contributed by atoms with E-state index in [9.17, 15) is 0 Å². The van der Waals surface area contributed by atoms with Crippen LogP contribution in [0.4, 0.5) is 0 Å². The lowest BCUT2D eigenvalue weighted by Gasteiger charge is -2.32. The number of likely N-dealkylation sites (N-methyl/N-ethyl adjacent to an activating group) is 1. The molecule has 31 heavy (non-hydrogen) atoms. The fourth-order valence-corrected chi connectivity index (χ4v) is 4.90. The third kappa shape index (κ3) is 4.42. The van der Waals surface area contributed by atoms with Crippen LogP contribution in [0.15, 0.2) is 60.8 Å². The average molecular weight is 450 g/mol. The molecule has 1 aliphatic carbocycles. The molecule has 5 heteroatoms. The summed E-state index contributed by atoms with van der Waals surface area (Å²) < 4.78 is 0. The molecular formula is C26H25Cl2N3.